The van der Waals surface area contributed by atoms with E-state index in [9.17, 15) is 22.4 Å². The summed E-state index contributed by atoms with van der Waals surface area (Å²) >= 11 is 0. The van der Waals surface area contributed by atoms with Crippen LogP contribution >= 0.6 is 0 Å². The number of alkyl halides is 4. The van der Waals surface area contributed by atoms with E-state index in [4.69, 9.17) is 10.5 Å². The predicted molar refractivity (Wildman–Crippen MR) is 57.8 cm³/mol. The van der Waals surface area contributed by atoms with Crippen molar-refractivity contribution in [2.45, 2.75) is 51.2 Å². The zero-order chi connectivity index (χ0) is 14.6. The number of hydrogen-bond donors (Lipinski definition) is 2. The second kappa shape index (κ2) is 6.21. The number of alkyl carbamates (subject to hydrolysis) is 1. The van der Waals surface area contributed by atoms with Crippen LogP contribution in [0.15, 0.2) is 0 Å². The lowest BCUT2D eigenvalue weighted by Gasteiger charge is -2.24. The van der Waals surface area contributed by atoms with Gasteiger partial charge in [-0.3, -0.25) is 0 Å². The van der Waals surface area contributed by atoms with Crippen LogP contribution in [0.25, 0.3) is 0 Å². The van der Waals surface area contributed by atoms with Crippen molar-refractivity contribution in [1.29, 1.82) is 0 Å². The number of rotatable bonds is 4. The minimum Gasteiger partial charge on any atom is -0.444 e. The van der Waals surface area contributed by atoms with Gasteiger partial charge in [0.2, 0.25) is 0 Å². The molecule has 0 aromatic carbocycles. The van der Waals surface area contributed by atoms with Crippen LogP contribution in [0.1, 0.15) is 27.2 Å². The van der Waals surface area contributed by atoms with Crippen LogP contribution in [0.5, 0.6) is 0 Å². The SMILES string of the molecule is CC(C)(C)OC(=O)NC(CN)CC(F)C(F)(F)F. The highest BCUT2D eigenvalue weighted by Crippen LogP contribution is 2.26. The van der Waals surface area contributed by atoms with Crippen LogP contribution in [0.2, 0.25) is 0 Å². The summed E-state index contributed by atoms with van der Waals surface area (Å²) in [5.41, 5.74) is 4.38. The van der Waals surface area contributed by atoms with Crippen molar-refractivity contribution < 1.29 is 27.1 Å². The first kappa shape index (κ1) is 16.9. The van der Waals surface area contributed by atoms with E-state index >= 15 is 0 Å². The third-order valence-electron chi connectivity index (χ3n) is 1.85. The summed E-state index contributed by atoms with van der Waals surface area (Å²) in [4.78, 5) is 11.3. The molecular formula is C10H18F4N2O2. The number of hydrogen-bond acceptors (Lipinski definition) is 3. The Kier molecular flexibility index (Phi) is 5.85. The third-order valence-corrected chi connectivity index (χ3v) is 1.85. The summed E-state index contributed by atoms with van der Waals surface area (Å²) in [6, 6.07) is -1.13. The molecule has 1 amide bonds. The van der Waals surface area contributed by atoms with E-state index in [1.54, 1.807) is 20.8 Å². The van der Waals surface area contributed by atoms with E-state index < -0.39 is 36.5 Å². The molecule has 0 heterocycles. The van der Waals surface area contributed by atoms with Crippen molar-refractivity contribution in [3.8, 4) is 0 Å². The molecular weight excluding hydrogens is 256 g/mol. The Hall–Kier alpha value is -1.05. The number of carbonyl (C=O) groups is 1. The van der Waals surface area contributed by atoms with Crippen molar-refractivity contribution in [2.75, 3.05) is 6.54 Å². The van der Waals surface area contributed by atoms with Crippen molar-refractivity contribution >= 4 is 6.09 Å². The van der Waals surface area contributed by atoms with Crippen LogP contribution in [0, 0.1) is 0 Å². The molecule has 0 rings (SSSR count). The highest BCUT2D eigenvalue weighted by molar-refractivity contribution is 5.68. The molecule has 0 aromatic heterocycles. The average Bonchev–Trinajstić information content (AvgIpc) is 2.11. The van der Waals surface area contributed by atoms with Gasteiger partial charge in [-0.1, -0.05) is 0 Å². The molecule has 0 aliphatic heterocycles. The number of amides is 1. The second-order valence-corrected chi connectivity index (χ2v) is 4.82. The maximum absolute atomic E-state index is 12.8. The van der Waals surface area contributed by atoms with Gasteiger partial charge in [-0.05, 0) is 20.8 Å². The third kappa shape index (κ3) is 7.31. The van der Waals surface area contributed by atoms with Crippen LogP contribution in [-0.2, 0) is 4.74 Å². The first-order chi connectivity index (χ1) is 7.95. The molecule has 0 aliphatic rings. The van der Waals surface area contributed by atoms with Gasteiger partial charge in [0.05, 0.1) is 0 Å². The molecule has 8 heteroatoms. The molecule has 0 saturated carbocycles. The van der Waals surface area contributed by atoms with E-state index in [2.05, 4.69) is 5.32 Å². The Balaban J connectivity index is 4.32. The van der Waals surface area contributed by atoms with Gasteiger partial charge in [0.25, 0.3) is 0 Å². The molecule has 3 N–H and O–H groups in total. The minimum absolute atomic E-state index is 0.310. The van der Waals surface area contributed by atoms with E-state index in [0.29, 0.717) is 0 Å². The van der Waals surface area contributed by atoms with Crippen LogP contribution < -0.4 is 11.1 Å². The molecule has 0 radical (unpaired) electrons. The normalized spacial score (nSPS) is 16.0. The molecule has 4 nitrogen and oxygen atoms in total. The van der Waals surface area contributed by atoms with Gasteiger partial charge in [0.1, 0.15) is 5.60 Å². The minimum atomic E-state index is -4.96. The lowest BCUT2D eigenvalue weighted by molar-refractivity contribution is -0.183. The first-order valence-corrected chi connectivity index (χ1v) is 5.36. The van der Waals surface area contributed by atoms with Crippen molar-refractivity contribution in [3.63, 3.8) is 0 Å². The zero-order valence-electron chi connectivity index (χ0n) is 10.5. The summed E-state index contributed by atoms with van der Waals surface area (Å²) in [5.74, 6) is 0. The average molecular weight is 274 g/mol. The van der Waals surface area contributed by atoms with Gasteiger partial charge < -0.3 is 15.8 Å². The van der Waals surface area contributed by atoms with E-state index in [-0.39, 0.29) is 6.54 Å². The standard InChI is InChI=1S/C10H18F4N2O2/c1-9(2,3)18-8(17)16-6(5-15)4-7(11)10(12,13)14/h6-7H,4-5,15H2,1-3H3,(H,16,17). The molecule has 18 heavy (non-hydrogen) atoms. The predicted octanol–water partition coefficient (Wildman–Crippen LogP) is 2.13. The highest BCUT2D eigenvalue weighted by atomic mass is 19.4. The van der Waals surface area contributed by atoms with Gasteiger partial charge in [-0.2, -0.15) is 13.2 Å². The summed E-state index contributed by atoms with van der Waals surface area (Å²) < 4.78 is 53.6. The topological polar surface area (TPSA) is 64.3 Å². The molecule has 0 fully saturated rings. The number of halogens is 4. The fourth-order valence-corrected chi connectivity index (χ4v) is 1.07. The van der Waals surface area contributed by atoms with Gasteiger partial charge >= 0.3 is 12.3 Å². The molecule has 0 bridgehead atoms. The van der Waals surface area contributed by atoms with E-state index in [0.717, 1.165) is 0 Å². The van der Waals surface area contributed by atoms with Crippen LogP contribution in [0.3, 0.4) is 0 Å². The summed E-state index contributed by atoms with van der Waals surface area (Å²) in [6.07, 6.45) is -9.84. The Labute approximate surface area is 103 Å². The number of ether oxygens (including phenoxy) is 1. The van der Waals surface area contributed by atoms with Gasteiger partial charge in [-0.15, -0.1) is 0 Å². The Morgan fingerprint density at radius 3 is 2.17 bits per heavy atom. The Morgan fingerprint density at radius 2 is 1.83 bits per heavy atom. The molecule has 2 atom stereocenters. The fraction of sp³-hybridized carbons (Fsp3) is 0.900. The van der Waals surface area contributed by atoms with Crippen molar-refractivity contribution in [3.05, 3.63) is 0 Å². The smallest absolute Gasteiger partial charge is 0.419 e. The largest absolute Gasteiger partial charge is 0.444 e. The fourth-order valence-electron chi connectivity index (χ4n) is 1.07. The van der Waals surface area contributed by atoms with Crippen LogP contribution in [-0.4, -0.2) is 36.6 Å². The number of carbonyl (C=O) groups excluding carboxylic acids is 1. The van der Waals surface area contributed by atoms with Crippen molar-refractivity contribution in [2.24, 2.45) is 5.73 Å². The van der Waals surface area contributed by atoms with Gasteiger partial charge in [0, 0.05) is 19.0 Å². The Bertz CT molecular complexity index is 276. The summed E-state index contributed by atoms with van der Waals surface area (Å²) in [6.45, 7) is 4.48. The highest BCUT2D eigenvalue weighted by Gasteiger charge is 2.41. The maximum atomic E-state index is 12.8. The first-order valence-electron chi connectivity index (χ1n) is 5.36. The second-order valence-electron chi connectivity index (χ2n) is 4.82. The molecule has 0 spiro atoms. The monoisotopic (exact) mass is 274 g/mol. The molecule has 108 valence electrons. The van der Waals surface area contributed by atoms with E-state index in [1.807, 2.05) is 0 Å². The zero-order valence-corrected chi connectivity index (χ0v) is 10.5. The lowest BCUT2D eigenvalue weighted by Crippen LogP contribution is -2.45. The maximum Gasteiger partial charge on any atom is 0.419 e. The number of nitrogens with one attached hydrogen (secondary N) is 1. The van der Waals surface area contributed by atoms with Crippen molar-refractivity contribution in [1.82, 2.24) is 5.32 Å². The quantitative estimate of drug-likeness (QED) is 0.772. The molecule has 2 unspecified atom stereocenters. The van der Waals surface area contributed by atoms with Gasteiger partial charge in [0.15, 0.2) is 6.17 Å². The van der Waals surface area contributed by atoms with Gasteiger partial charge in [-0.25, -0.2) is 9.18 Å². The number of nitrogens with two attached hydrogens (primary N) is 1. The molecule has 0 aliphatic carbocycles. The summed E-state index contributed by atoms with van der Waals surface area (Å²) in [7, 11) is 0. The van der Waals surface area contributed by atoms with E-state index in [1.165, 1.54) is 0 Å². The molecule has 0 aromatic rings. The summed E-state index contributed by atoms with van der Waals surface area (Å²) in [5, 5.41) is 2.10. The van der Waals surface area contributed by atoms with Crippen LogP contribution in [0.4, 0.5) is 22.4 Å². The molecule has 0 saturated heterocycles. The Morgan fingerprint density at radius 1 is 1.33 bits per heavy atom. The lowest BCUT2D eigenvalue weighted by atomic mass is 10.1.